The second-order valence-corrected chi connectivity index (χ2v) is 5.98. The van der Waals surface area contributed by atoms with Crippen LogP contribution in [-0.4, -0.2) is 22.0 Å². The average Bonchev–Trinajstić information content (AvgIpc) is 2.33. The van der Waals surface area contributed by atoms with Crippen LogP contribution in [0.15, 0.2) is 24.5 Å². The molecule has 0 radical (unpaired) electrons. The molecule has 1 aromatic heterocycles. The molecular weight excluding hydrogens is 216 g/mol. The van der Waals surface area contributed by atoms with Crippen molar-refractivity contribution >= 4 is 11.8 Å². The maximum absolute atomic E-state index is 4.06. The molecule has 88 valence electrons. The molecule has 0 aromatic carbocycles. The standard InChI is InChI=1S/C13H20N2S/c1-10(12-5-7-14-8-6-12)15-13-4-3-9-16-11(13)2/h5-8,10-11,13,15H,3-4,9H2,1-2H3. The summed E-state index contributed by atoms with van der Waals surface area (Å²) in [4.78, 5) is 4.06. The fourth-order valence-corrected chi connectivity index (χ4v) is 3.36. The number of nitrogens with one attached hydrogen (secondary N) is 1. The predicted octanol–water partition coefficient (Wildman–Crippen LogP) is 3.02. The fraction of sp³-hybridized carbons (Fsp3) is 0.615. The molecule has 1 aliphatic rings. The van der Waals surface area contributed by atoms with Gasteiger partial charge in [-0.3, -0.25) is 4.98 Å². The highest BCUT2D eigenvalue weighted by molar-refractivity contribution is 7.99. The summed E-state index contributed by atoms with van der Waals surface area (Å²) < 4.78 is 0. The highest BCUT2D eigenvalue weighted by Gasteiger charge is 2.23. The summed E-state index contributed by atoms with van der Waals surface area (Å²) >= 11 is 2.09. The molecule has 0 spiro atoms. The van der Waals surface area contributed by atoms with Gasteiger partial charge < -0.3 is 5.32 Å². The third-order valence-electron chi connectivity index (χ3n) is 3.28. The van der Waals surface area contributed by atoms with E-state index in [1.807, 2.05) is 12.4 Å². The van der Waals surface area contributed by atoms with Crippen LogP contribution in [0.3, 0.4) is 0 Å². The highest BCUT2D eigenvalue weighted by atomic mass is 32.2. The van der Waals surface area contributed by atoms with Crippen LogP contribution in [-0.2, 0) is 0 Å². The average molecular weight is 236 g/mol. The van der Waals surface area contributed by atoms with E-state index in [0.29, 0.717) is 12.1 Å². The van der Waals surface area contributed by atoms with Gasteiger partial charge in [-0.15, -0.1) is 0 Å². The fourth-order valence-electron chi connectivity index (χ4n) is 2.21. The summed E-state index contributed by atoms with van der Waals surface area (Å²) in [5.41, 5.74) is 1.33. The Morgan fingerprint density at radius 2 is 2.19 bits per heavy atom. The molecule has 0 saturated carbocycles. The minimum Gasteiger partial charge on any atom is -0.306 e. The third-order valence-corrected chi connectivity index (χ3v) is 4.66. The minimum atomic E-state index is 0.425. The minimum absolute atomic E-state index is 0.425. The van der Waals surface area contributed by atoms with E-state index in [9.17, 15) is 0 Å². The van der Waals surface area contributed by atoms with Crippen molar-refractivity contribution in [3.05, 3.63) is 30.1 Å². The molecule has 2 rings (SSSR count). The van der Waals surface area contributed by atoms with E-state index in [2.05, 4.69) is 48.0 Å². The van der Waals surface area contributed by atoms with Gasteiger partial charge in [-0.25, -0.2) is 0 Å². The van der Waals surface area contributed by atoms with Crippen LogP contribution in [0.25, 0.3) is 0 Å². The SMILES string of the molecule is CC(NC1CCCSC1C)c1ccncc1. The van der Waals surface area contributed by atoms with Crippen LogP contribution in [0.4, 0.5) is 0 Å². The van der Waals surface area contributed by atoms with E-state index in [1.54, 1.807) is 0 Å². The van der Waals surface area contributed by atoms with Crippen LogP contribution >= 0.6 is 11.8 Å². The van der Waals surface area contributed by atoms with Crippen molar-refractivity contribution in [3.8, 4) is 0 Å². The van der Waals surface area contributed by atoms with Gasteiger partial charge in [-0.2, -0.15) is 11.8 Å². The van der Waals surface area contributed by atoms with Crippen molar-refractivity contribution in [2.45, 2.75) is 44.0 Å². The van der Waals surface area contributed by atoms with E-state index in [4.69, 9.17) is 0 Å². The van der Waals surface area contributed by atoms with Crippen molar-refractivity contribution in [1.82, 2.24) is 10.3 Å². The zero-order valence-electron chi connectivity index (χ0n) is 10.0. The molecule has 3 atom stereocenters. The Kier molecular flexibility index (Phi) is 4.24. The predicted molar refractivity (Wildman–Crippen MR) is 70.7 cm³/mol. The van der Waals surface area contributed by atoms with Gasteiger partial charge in [0, 0.05) is 29.7 Å². The first kappa shape index (κ1) is 11.9. The first-order valence-electron chi connectivity index (χ1n) is 6.05. The number of rotatable bonds is 3. The van der Waals surface area contributed by atoms with E-state index < -0.39 is 0 Å². The number of thioether (sulfide) groups is 1. The van der Waals surface area contributed by atoms with Crippen LogP contribution in [0.1, 0.15) is 38.3 Å². The molecule has 3 heteroatoms. The van der Waals surface area contributed by atoms with Gasteiger partial charge in [0.15, 0.2) is 0 Å². The van der Waals surface area contributed by atoms with Crippen LogP contribution in [0, 0.1) is 0 Å². The summed E-state index contributed by atoms with van der Waals surface area (Å²) in [6.07, 6.45) is 6.39. The van der Waals surface area contributed by atoms with Crippen molar-refractivity contribution in [2.24, 2.45) is 0 Å². The van der Waals surface area contributed by atoms with Gasteiger partial charge in [0.05, 0.1) is 0 Å². The molecule has 0 bridgehead atoms. The smallest absolute Gasteiger partial charge is 0.0295 e. The largest absolute Gasteiger partial charge is 0.306 e. The van der Waals surface area contributed by atoms with Gasteiger partial charge in [0.2, 0.25) is 0 Å². The first-order valence-corrected chi connectivity index (χ1v) is 7.10. The molecule has 0 aliphatic carbocycles. The Hall–Kier alpha value is -0.540. The van der Waals surface area contributed by atoms with E-state index in [0.717, 1.165) is 5.25 Å². The van der Waals surface area contributed by atoms with E-state index in [1.165, 1.54) is 24.2 Å². The lowest BCUT2D eigenvalue weighted by atomic mass is 10.0. The Bertz CT molecular complexity index is 315. The van der Waals surface area contributed by atoms with Crippen molar-refractivity contribution < 1.29 is 0 Å². The molecule has 16 heavy (non-hydrogen) atoms. The number of hydrogen-bond acceptors (Lipinski definition) is 3. The lowest BCUT2D eigenvalue weighted by Gasteiger charge is -2.32. The van der Waals surface area contributed by atoms with Gasteiger partial charge >= 0.3 is 0 Å². The molecule has 1 N–H and O–H groups in total. The van der Waals surface area contributed by atoms with Gasteiger partial charge in [-0.05, 0) is 43.2 Å². The van der Waals surface area contributed by atoms with Gasteiger partial charge in [0.25, 0.3) is 0 Å². The quantitative estimate of drug-likeness (QED) is 0.873. The molecule has 1 saturated heterocycles. The number of aromatic nitrogens is 1. The second-order valence-electron chi connectivity index (χ2n) is 4.49. The van der Waals surface area contributed by atoms with Gasteiger partial charge in [-0.1, -0.05) is 6.92 Å². The molecule has 1 aliphatic heterocycles. The van der Waals surface area contributed by atoms with Crippen molar-refractivity contribution in [1.29, 1.82) is 0 Å². The zero-order chi connectivity index (χ0) is 11.4. The summed E-state index contributed by atoms with van der Waals surface area (Å²) in [7, 11) is 0. The topological polar surface area (TPSA) is 24.9 Å². The molecule has 3 unspecified atom stereocenters. The Labute approximate surface area is 102 Å². The number of hydrogen-bond donors (Lipinski definition) is 1. The zero-order valence-corrected chi connectivity index (χ0v) is 10.8. The molecular formula is C13H20N2S. The lowest BCUT2D eigenvalue weighted by Crippen LogP contribution is -2.40. The lowest BCUT2D eigenvalue weighted by molar-refractivity contribution is 0.417. The Balaban J connectivity index is 1.94. The summed E-state index contributed by atoms with van der Waals surface area (Å²) in [6.45, 7) is 4.57. The van der Waals surface area contributed by atoms with Crippen molar-refractivity contribution in [3.63, 3.8) is 0 Å². The normalized spacial score (nSPS) is 27.6. The monoisotopic (exact) mass is 236 g/mol. The van der Waals surface area contributed by atoms with E-state index >= 15 is 0 Å². The first-order chi connectivity index (χ1) is 7.77. The van der Waals surface area contributed by atoms with Crippen LogP contribution in [0.5, 0.6) is 0 Å². The summed E-state index contributed by atoms with van der Waals surface area (Å²) in [5.74, 6) is 1.32. The molecule has 2 heterocycles. The van der Waals surface area contributed by atoms with Crippen molar-refractivity contribution in [2.75, 3.05) is 5.75 Å². The van der Waals surface area contributed by atoms with E-state index in [-0.39, 0.29) is 0 Å². The highest BCUT2D eigenvalue weighted by Crippen LogP contribution is 2.26. The Morgan fingerprint density at radius 1 is 1.44 bits per heavy atom. The van der Waals surface area contributed by atoms with Gasteiger partial charge in [0.1, 0.15) is 0 Å². The molecule has 1 fully saturated rings. The molecule has 2 nitrogen and oxygen atoms in total. The maximum atomic E-state index is 4.06. The second kappa shape index (κ2) is 5.69. The third kappa shape index (κ3) is 2.98. The molecule has 0 amide bonds. The summed E-state index contributed by atoms with van der Waals surface area (Å²) in [6, 6.07) is 5.27. The number of nitrogens with zero attached hydrogens (tertiary/aromatic N) is 1. The number of pyridine rings is 1. The Morgan fingerprint density at radius 3 is 2.88 bits per heavy atom. The summed E-state index contributed by atoms with van der Waals surface area (Å²) in [5, 5.41) is 4.47. The maximum Gasteiger partial charge on any atom is 0.0295 e. The van der Waals surface area contributed by atoms with Crippen LogP contribution in [0.2, 0.25) is 0 Å². The van der Waals surface area contributed by atoms with Crippen LogP contribution < -0.4 is 5.32 Å². The molecule has 1 aromatic rings.